The molecule has 0 fully saturated rings. The minimum atomic E-state index is 0.0184. The summed E-state index contributed by atoms with van der Waals surface area (Å²) in [5, 5.41) is 0. The fraction of sp³-hybridized carbons (Fsp3) is 0.400. The molecule has 65 valence electrons. The Labute approximate surface area is 73.6 Å². The standard InChI is InChI=1S/C10H14NO/c1-3-6-9(2)12-10-7-4-5-8-11-10/h4-5,7-9H,2-3,6H2,1H3/t9-/m0/s1. The molecular formula is C10H14NO. The van der Waals surface area contributed by atoms with Crippen LogP contribution in [-0.4, -0.2) is 11.1 Å². The van der Waals surface area contributed by atoms with Gasteiger partial charge < -0.3 is 4.74 Å². The Hall–Kier alpha value is -1.05. The van der Waals surface area contributed by atoms with E-state index in [0.717, 1.165) is 12.8 Å². The number of pyridine rings is 1. The van der Waals surface area contributed by atoms with E-state index in [2.05, 4.69) is 18.8 Å². The highest BCUT2D eigenvalue weighted by Crippen LogP contribution is 2.08. The first-order valence-electron chi connectivity index (χ1n) is 4.23. The zero-order valence-corrected chi connectivity index (χ0v) is 7.36. The summed E-state index contributed by atoms with van der Waals surface area (Å²) >= 11 is 0. The Kier molecular flexibility index (Phi) is 3.58. The smallest absolute Gasteiger partial charge is 0.213 e. The van der Waals surface area contributed by atoms with E-state index >= 15 is 0 Å². The van der Waals surface area contributed by atoms with Crippen LogP contribution in [0.3, 0.4) is 0 Å². The molecule has 12 heavy (non-hydrogen) atoms. The molecule has 0 saturated heterocycles. The first-order chi connectivity index (χ1) is 5.83. The highest BCUT2D eigenvalue weighted by atomic mass is 16.5. The molecule has 2 nitrogen and oxygen atoms in total. The molecule has 0 unspecified atom stereocenters. The van der Waals surface area contributed by atoms with Crippen molar-refractivity contribution in [1.29, 1.82) is 0 Å². The van der Waals surface area contributed by atoms with Gasteiger partial charge in [-0.25, -0.2) is 4.98 Å². The quantitative estimate of drug-likeness (QED) is 0.682. The predicted molar refractivity (Wildman–Crippen MR) is 48.9 cm³/mol. The zero-order valence-electron chi connectivity index (χ0n) is 7.36. The van der Waals surface area contributed by atoms with E-state index in [1.807, 2.05) is 18.2 Å². The molecule has 0 aliphatic carbocycles. The van der Waals surface area contributed by atoms with E-state index in [-0.39, 0.29) is 6.10 Å². The number of rotatable bonds is 4. The van der Waals surface area contributed by atoms with Crippen LogP contribution in [0.1, 0.15) is 19.8 Å². The molecule has 1 rings (SSSR count). The van der Waals surface area contributed by atoms with Gasteiger partial charge in [0.1, 0.15) is 6.10 Å². The number of hydrogen-bond donors (Lipinski definition) is 0. The van der Waals surface area contributed by atoms with Gasteiger partial charge in [-0.05, 0) is 19.4 Å². The lowest BCUT2D eigenvalue weighted by Gasteiger charge is -2.11. The molecule has 0 saturated carbocycles. The van der Waals surface area contributed by atoms with Gasteiger partial charge in [0.25, 0.3) is 0 Å². The van der Waals surface area contributed by atoms with Gasteiger partial charge in [-0.1, -0.05) is 19.4 Å². The molecule has 0 aliphatic heterocycles. The van der Waals surface area contributed by atoms with Crippen LogP contribution in [0.25, 0.3) is 0 Å². The van der Waals surface area contributed by atoms with E-state index in [1.54, 1.807) is 6.20 Å². The molecule has 0 N–H and O–H groups in total. The third-order valence-electron chi connectivity index (χ3n) is 1.54. The van der Waals surface area contributed by atoms with Crippen LogP contribution in [0.15, 0.2) is 24.4 Å². The van der Waals surface area contributed by atoms with Gasteiger partial charge in [-0.15, -0.1) is 0 Å². The molecular weight excluding hydrogens is 150 g/mol. The minimum Gasteiger partial charge on any atom is -0.474 e. The van der Waals surface area contributed by atoms with Crippen molar-refractivity contribution in [3.8, 4) is 5.88 Å². The van der Waals surface area contributed by atoms with E-state index < -0.39 is 0 Å². The summed E-state index contributed by atoms with van der Waals surface area (Å²) in [6, 6.07) is 5.61. The minimum absolute atomic E-state index is 0.0184. The maximum absolute atomic E-state index is 5.43. The Morgan fingerprint density at radius 1 is 1.58 bits per heavy atom. The van der Waals surface area contributed by atoms with Crippen LogP contribution in [0, 0.1) is 6.92 Å². The van der Waals surface area contributed by atoms with E-state index in [1.165, 1.54) is 0 Å². The van der Waals surface area contributed by atoms with Crippen molar-refractivity contribution in [2.24, 2.45) is 0 Å². The Balaban J connectivity index is 2.41. The second-order valence-electron chi connectivity index (χ2n) is 2.70. The summed E-state index contributed by atoms with van der Waals surface area (Å²) in [6.07, 6.45) is 3.79. The molecule has 1 heterocycles. The van der Waals surface area contributed by atoms with Crippen molar-refractivity contribution in [2.75, 3.05) is 0 Å². The topological polar surface area (TPSA) is 22.1 Å². The van der Waals surface area contributed by atoms with Gasteiger partial charge >= 0.3 is 0 Å². The lowest BCUT2D eigenvalue weighted by Crippen LogP contribution is -2.11. The van der Waals surface area contributed by atoms with Crippen LogP contribution in [0.4, 0.5) is 0 Å². The molecule has 1 aromatic rings. The maximum Gasteiger partial charge on any atom is 0.213 e. The van der Waals surface area contributed by atoms with Gasteiger partial charge in [0, 0.05) is 12.3 Å². The summed E-state index contributed by atoms with van der Waals surface area (Å²) in [5.41, 5.74) is 0. The highest BCUT2D eigenvalue weighted by molar-refractivity contribution is 5.09. The predicted octanol–water partition coefficient (Wildman–Crippen LogP) is 2.46. The summed E-state index contributed by atoms with van der Waals surface area (Å²) in [4.78, 5) is 4.04. The first kappa shape index (κ1) is 9.04. The lowest BCUT2D eigenvalue weighted by atomic mass is 10.2. The zero-order chi connectivity index (χ0) is 8.81. The average molecular weight is 164 g/mol. The monoisotopic (exact) mass is 164 g/mol. The van der Waals surface area contributed by atoms with Crippen molar-refractivity contribution in [3.63, 3.8) is 0 Å². The second-order valence-corrected chi connectivity index (χ2v) is 2.70. The molecule has 0 spiro atoms. The summed E-state index contributed by atoms with van der Waals surface area (Å²) in [5.74, 6) is 0.658. The van der Waals surface area contributed by atoms with Gasteiger partial charge in [-0.2, -0.15) is 0 Å². The van der Waals surface area contributed by atoms with Crippen LogP contribution < -0.4 is 4.74 Å². The lowest BCUT2D eigenvalue weighted by molar-refractivity contribution is 0.226. The summed E-state index contributed by atoms with van der Waals surface area (Å²) < 4.78 is 5.43. The molecule has 1 aromatic heterocycles. The van der Waals surface area contributed by atoms with E-state index in [9.17, 15) is 0 Å². The molecule has 0 aliphatic rings. The largest absolute Gasteiger partial charge is 0.474 e. The molecule has 0 amide bonds. The molecule has 1 radical (unpaired) electrons. The van der Waals surface area contributed by atoms with Crippen LogP contribution >= 0.6 is 0 Å². The summed E-state index contributed by atoms with van der Waals surface area (Å²) in [6.45, 7) is 5.97. The fourth-order valence-corrected chi connectivity index (χ4v) is 0.968. The van der Waals surface area contributed by atoms with Crippen molar-refractivity contribution in [1.82, 2.24) is 4.98 Å². The summed E-state index contributed by atoms with van der Waals surface area (Å²) in [7, 11) is 0. The Morgan fingerprint density at radius 3 is 3.00 bits per heavy atom. The number of hydrogen-bond acceptors (Lipinski definition) is 2. The molecule has 0 aromatic carbocycles. The van der Waals surface area contributed by atoms with Crippen molar-refractivity contribution < 1.29 is 4.74 Å². The Bertz CT molecular complexity index is 210. The van der Waals surface area contributed by atoms with Gasteiger partial charge in [0.2, 0.25) is 5.88 Å². The van der Waals surface area contributed by atoms with Crippen LogP contribution in [-0.2, 0) is 0 Å². The van der Waals surface area contributed by atoms with Crippen LogP contribution in [0.2, 0.25) is 0 Å². The van der Waals surface area contributed by atoms with Crippen molar-refractivity contribution in [3.05, 3.63) is 31.3 Å². The fourth-order valence-electron chi connectivity index (χ4n) is 0.968. The van der Waals surface area contributed by atoms with Gasteiger partial charge in [0.05, 0.1) is 0 Å². The molecule has 0 bridgehead atoms. The van der Waals surface area contributed by atoms with Crippen molar-refractivity contribution >= 4 is 0 Å². The number of aromatic nitrogens is 1. The highest BCUT2D eigenvalue weighted by Gasteiger charge is 2.01. The number of nitrogens with zero attached hydrogens (tertiary/aromatic N) is 1. The average Bonchev–Trinajstić information content (AvgIpc) is 2.06. The van der Waals surface area contributed by atoms with Crippen LogP contribution in [0.5, 0.6) is 5.88 Å². The van der Waals surface area contributed by atoms with Gasteiger partial charge in [0.15, 0.2) is 0 Å². The van der Waals surface area contributed by atoms with E-state index in [0.29, 0.717) is 5.88 Å². The maximum atomic E-state index is 5.43. The Morgan fingerprint density at radius 2 is 2.42 bits per heavy atom. The second kappa shape index (κ2) is 4.75. The SMILES string of the molecule is [CH2][C@@H](CCC)Oc1ccccn1. The normalized spacial score (nSPS) is 12.5. The third kappa shape index (κ3) is 2.91. The molecule has 1 atom stereocenters. The third-order valence-corrected chi connectivity index (χ3v) is 1.54. The van der Waals surface area contributed by atoms with E-state index in [4.69, 9.17) is 4.74 Å². The first-order valence-corrected chi connectivity index (χ1v) is 4.23. The number of ether oxygens (including phenoxy) is 1. The van der Waals surface area contributed by atoms with Gasteiger partial charge in [-0.3, -0.25) is 0 Å². The van der Waals surface area contributed by atoms with Crippen molar-refractivity contribution in [2.45, 2.75) is 25.9 Å². The molecule has 2 heteroatoms.